The molecule has 2 unspecified atom stereocenters. The summed E-state index contributed by atoms with van der Waals surface area (Å²) in [5.74, 6) is 1.12. The second-order valence-electron chi connectivity index (χ2n) is 7.97. The summed E-state index contributed by atoms with van der Waals surface area (Å²) < 4.78 is 6.13. The lowest BCUT2D eigenvalue weighted by molar-refractivity contribution is -0.0265. The van der Waals surface area contributed by atoms with Crippen LogP contribution in [0.3, 0.4) is 0 Å². The van der Waals surface area contributed by atoms with Gasteiger partial charge < -0.3 is 20.7 Å². The molecule has 1 fully saturated rings. The zero-order valence-corrected chi connectivity index (χ0v) is 18.8. The largest absolute Gasteiger partial charge is 0.373 e. The summed E-state index contributed by atoms with van der Waals surface area (Å²) in [5.41, 5.74) is 4.27. The molecule has 2 atom stereocenters. The topological polar surface area (TPSA) is 74.8 Å². The van der Waals surface area contributed by atoms with E-state index < -0.39 is 0 Å². The molecular weight excluding hydrogens is 388 g/mol. The van der Waals surface area contributed by atoms with Crippen molar-refractivity contribution in [2.45, 2.75) is 39.3 Å². The Kier molecular flexibility index (Phi) is 8.47. The van der Waals surface area contributed by atoms with Crippen LogP contribution in [0.25, 0.3) is 0 Å². The predicted octanol–water partition coefficient (Wildman–Crippen LogP) is 3.58. The third kappa shape index (κ3) is 6.56. The molecule has 1 aliphatic rings. The molecule has 3 N–H and O–H groups in total. The molecule has 0 saturated carbocycles. The Morgan fingerprint density at radius 1 is 1.06 bits per heavy atom. The molecule has 6 heteroatoms. The fourth-order valence-corrected chi connectivity index (χ4v) is 3.85. The lowest BCUT2D eigenvalue weighted by Gasteiger charge is -2.32. The molecule has 166 valence electrons. The first kappa shape index (κ1) is 22.8. The van der Waals surface area contributed by atoms with E-state index in [0.717, 1.165) is 37.5 Å². The number of nitrogens with zero attached hydrogens (tertiary/aromatic N) is 1. The number of benzene rings is 2. The minimum atomic E-state index is -0.0442. The maximum Gasteiger partial charge on any atom is 0.251 e. The fourth-order valence-electron chi connectivity index (χ4n) is 3.85. The van der Waals surface area contributed by atoms with E-state index in [2.05, 4.69) is 52.1 Å². The van der Waals surface area contributed by atoms with Crippen LogP contribution in [0.1, 0.15) is 52.9 Å². The average Bonchev–Trinajstić information content (AvgIpc) is 2.80. The minimum absolute atomic E-state index is 0.0442. The Morgan fingerprint density at radius 2 is 1.81 bits per heavy atom. The number of rotatable bonds is 7. The Morgan fingerprint density at radius 3 is 2.48 bits per heavy atom. The molecule has 0 aliphatic carbocycles. The summed E-state index contributed by atoms with van der Waals surface area (Å²) in [6, 6.07) is 16.3. The number of hydrogen-bond donors (Lipinski definition) is 3. The van der Waals surface area contributed by atoms with Gasteiger partial charge in [0.25, 0.3) is 5.91 Å². The van der Waals surface area contributed by atoms with Gasteiger partial charge in [0.15, 0.2) is 5.96 Å². The van der Waals surface area contributed by atoms with E-state index in [1.165, 1.54) is 11.1 Å². The van der Waals surface area contributed by atoms with Crippen molar-refractivity contribution in [1.82, 2.24) is 16.0 Å². The van der Waals surface area contributed by atoms with Crippen molar-refractivity contribution in [3.05, 3.63) is 70.8 Å². The van der Waals surface area contributed by atoms with Crippen LogP contribution >= 0.6 is 0 Å². The Balaban J connectivity index is 1.52. The highest BCUT2D eigenvalue weighted by Crippen LogP contribution is 2.33. The zero-order valence-electron chi connectivity index (χ0n) is 18.8. The zero-order chi connectivity index (χ0) is 22.1. The highest BCUT2D eigenvalue weighted by Gasteiger charge is 2.27. The molecule has 0 radical (unpaired) electrons. The van der Waals surface area contributed by atoms with E-state index in [9.17, 15) is 4.79 Å². The van der Waals surface area contributed by atoms with Crippen molar-refractivity contribution < 1.29 is 9.53 Å². The lowest BCUT2D eigenvalue weighted by Crippen LogP contribution is -2.41. The summed E-state index contributed by atoms with van der Waals surface area (Å²) in [6.45, 7) is 6.90. The summed E-state index contributed by atoms with van der Waals surface area (Å²) >= 11 is 0. The number of aryl methyl sites for hydroxylation is 1. The molecule has 1 saturated heterocycles. The SMILES string of the molecule is CCNC(=O)c1ccc(CNC(=NC)NCC2CCCOC2c2ccc(C)cc2)cc1. The average molecular weight is 423 g/mol. The predicted molar refractivity (Wildman–Crippen MR) is 125 cm³/mol. The molecule has 31 heavy (non-hydrogen) atoms. The summed E-state index contributed by atoms with van der Waals surface area (Å²) in [4.78, 5) is 16.2. The number of amides is 1. The van der Waals surface area contributed by atoms with Gasteiger partial charge in [0.1, 0.15) is 0 Å². The third-order valence-corrected chi connectivity index (χ3v) is 5.62. The van der Waals surface area contributed by atoms with Crippen LogP contribution in [0, 0.1) is 12.8 Å². The van der Waals surface area contributed by atoms with E-state index in [1.807, 2.05) is 31.2 Å². The molecule has 0 spiro atoms. The number of carbonyl (C=O) groups is 1. The number of ether oxygens (including phenoxy) is 1. The first-order valence-electron chi connectivity index (χ1n) is 11.1. The molecule has 0 bridgehead atoms. The Bertz CT molecular complexity index is 862. The van der Waals surface area contributed by atoms with Crippen LogP contribution in [0.15, 0.2) is 53.5 Å². The van der Waals surface area contributed by atoms with E-state index in [1.54, 1.807) is 7.05 Å². The molecule has 2 aromatic rings. The molecule has 6 nitrogen and oxygen atoms in total. The lowest BCUT2D eigenvalue weighted by atomic mass is 9.89. The molecule has 1 amide bonds. The van der Waals surface area contributed by atoms with Gasteiger partial charge in [-0.2, -0.15) is 0 Å². The van der Waals surface area contributed by atoms with E-state index >= 15 is 0 Å². The van der Waals surface area contributed by atoms with Crippen molar-refractivity contribution in [2.75, 3.05) is 26.7 Å². The Labute approximate surface area is 185 Å². The van der Waals surface area contributed by atoms with Gasteiger partial charge in [0.2, 0.25) is 0 Å². The highest BCUT2D eigenvalue weighted by atomic mass is 16.5. The second kappa shape index (κ2) is 11.5. The maximum absolute atomic E-state index is 11.9. The molecule has 1 aliphatic heterocycles. The summed E-state index contributed by atoms with van der Waals surface area (Å²) in [7, 11) is 1.78. The number of hydrogen-bond acceptors (Lipinski definition) is 3. The number of aliphatic imine (C=N–C) groups is 1. The van der Waals surface area contributed by atoms with Gasteiger partial charge in [-0.25, -0.2) is 0 Å². The summed E-state index contributed by atoms with van der Waals surface area (Å²) in [6.07, 6.45) is 2.32. The maximum atomic E-state index is 11.9. The molecule has 1 heterocycles. The van der Waals surface area contributed by atoms with Gasteiger partial charge in [0.05, 0.1) is 6.10 Å². The Hall–Kier alpha value is -2.86. The van der Waals surface area contributed by atoms with Crippen LogP contribution in [0.5, 0.6) is 0 Å². The molecule has 0 aromatic heterocycles. The van der Waals surface area contributed by atoms with Crippen LogP contribution < -0.4 is 16.0 Å². The second-order valence-corrected chi connectivity index (χ2v) is 7.97. The molecule has 3 rings (SSSR count). The van der Waals surface area contributed by atoms with Crippen molar-refractivity contribution in [2.24, 2.45) is 10.9 Å². The fraction of sp³-hybridized carbons (Fsp3) is 0.440. The standard InChI is InChI=1S/C25H34N4O2/c1-4-27-24(30)21-13-9-19(10-14-21)16-28-25(26-3)29-17-22-6-5-15-31-23(22)20-11-7-18(2)8-12-20/h7-14,22-23H,4-6,15-17H2,1-3H3,(H,27,30)(H2,26,28,29). The van der Waals surface area contributed by atoms with Gasteiger partial charge >= 0.3 is 0 Å². The van der Waals surface area contributed by atoms with Gasteiger partial charge in [-0.1, -0.05) is 42.0 Å². The van der Waals surface area contributed by atoms with Crippen LogP contribution in [0.4, 0.5) is 0 Å². The highest BCUT2D eigenvalue weighted by molar-refractivity contribution is 5.94. The number of guanidine groups is 1. The molecular formula is C25H34N4O2. The third-order valence-electron chi connectivity index (χ3n) is 5.62. The van der Waals surface area contributed by atoms with Gasteiger partial charge in [-0.15, -0.1) is 0 Å². The summed E-state index contributed by atoms with van der Waals surface area (Å²) in [5, 5.41) is 9.63. The van der Waals surface area contributed by atoms with Gasteiger partial charge in [-0.3, -0.25) is 9.79 Å². The van der Waals surface area contributed by atoms with Crippen molar-refractivity contribution >= 4 is 11.9 Å². The van der Waals surface area contributed by atoms with E-state index in [4.69, 9.17) is 4.74 Å². The first-order chi connectivity index (χ1) is 15.1. The number of nitrogens with one attached hydrogen (secondary N) is 3. The molecule has 2 aromatic carbocycles. The van der Waals surface area contributed by atoms with Crippen LogP contribution in [0.2, 0.25) is 0 Å². The van der Waals surface area contributed by atoms with Crippen molar-refractivity contribution in [1.29, 1.82) is 0 Å². The van der Waals surface area contributed by atoms with Crippen LogP contribution in [-0.4, -0.2) is 38.6 Å². The van der Waals surface area contributed by atoms with Crippen molar-refractivity contribution in [3.63, 3.8) is 0 Å². The minimum Gasteiger partial charge on any atom is -0.373 e. The van der Waals surface area contributed by atoms with Gasteiger partial charge in [-0.05, 0) is 49.9 Å². The van der Waals surface area contributed by atoms with Crippen molar-refractivity contribution in [3.8, 4) is 0 Å². The smallest absolute Gasteiger partial charge is 0.251 e. The van der Waals surface area contributed by atoms with E-state index in [-0.39, 0.29) is 12.0 Å². The first-order valence-corrected chi connectivity index (χ1v) is 11.1. The monoisotopic (exact) mass is 422 g/mol. The number of carbonyl (C=O) groups excluding carboxylic acids is 1. The normalized spacial score (nSPS) is 19.0. The van der Waals surface area contributed by atoms with E-state index in [0.29, 0.717) is 24.6 Å². The quantitative estimate of drug-likeness (QED) is 0.471. The van der Waals surface area contributed by atoms with Crippen LogP contribution in [-0.2, 0) is 11.3 Å². The van der Waals surface area contributed by atoms with Gasteiger partial charge in [0, 0.05) is 44.8 Å².